The third kappa shape index (κ3) is 1.54. The van der Waals surface area contributed by atoms with Gasteiger partial charge in [0, 0.05) is 19.3 Å². The zero-order valence-electron chi connectivity index (χ0n) is 8.97. The number of anilines is 1. The molecular weight excluding hydrogens is 204 g/mol. The number of pyridine rings is 1. The van der Waals surface area contributed by atoms with Crippen LogP contribution in [0.2, 0.25) is 0 Å². The van der Waals surface area contributed by atoms with E-state index in [9.17, 15) is 4.79 Å². The number of nitrogens with zero attached hydrogens (tertiary/aromatic N) is 2. The molecule has 2 atom stereocenters. The van der Waals surface area contributed by atoms with Crippen LogP contribution in [0.5, 0.6) is 0 Å². The maximum atomic E-state index is 11.1. The van der Waals surface area contributed by atoms with E-state index in [-0.39, 0.29) is 0 Å². The van der Waals surface area contributed by atoms with Gasteiger partial charge < -0.3 is 10.0 Å². The summed E-state index contributed by atoms with van der Waals surface area (Å²) in [7, 11) is 0. The molecule has 4 heteroatoms. The third-order valence-corrected chi connectivity index (χ3v) is 3.61. The van der Waals surface area contributed by atoms with Crippen molar-refractivity contribution in [3.63, 3.8) is 0 Å². The smallest absolute Gasteiger partial charge is 0.339 e. The van der Waals surface area contributed by atoms with Gasteiger partial charge in [0.15, 0.2) is 0 Å². The van der Waals surface area contributed by atoms with Gasteiger partial charge >= 0.3 is 5.97 Å². The summed E-state index contributed by atoms with van der Waals surface area (Å²) in [4.78, 5) is 17.4. The summed E-state index contributed by atoms with van der Waals surface area (Å²) in [6.07, 6.45) is 4.16. The van der Waals surface area contributed by atoms with Gasteiger partial charge in [0.2, 0.25) is 0 Å². The molecule has 2 aliphatic rings. The summed E-state index contributed by atoms with van der Waals surface area (Å²) in [6.45, 7) is 1.92. The summed E-state index contributed by atoms with van der Waals surface area (Å²) < 4.78 is 0. The Morgan fingerprint density at radius 1 is 1.50 bits per heavy atom. The number of carboxylic acids is 1. The molecule has 3 rings (SSSR count). The lowest BCUT2D eigenvalue weighted by Gasteiger charge is -2.28. The van der Waals surface area contributed by atoms with Gasteiger partial charge in [-0.05, 0) is 36.8 Å². The molecule has 0 aromatic carbocycles. The van der Waals surface area contributed by atoms with Gasteiger partial charge in [-0.15, -0.1) is 0 Å². The molecule has 1 aromatic rings. The quantitative estimate of drug-likeness (QED) is 0.819. The molecule has 2 fully saturated rings. The minimum absolute atomic E-state index is 0.321. The highest BCUT2D eigenvalue weighted by Crippen LogP contribution is 2.45. The Morgan fingerprint density at radius 2 is 2.38 bits per heavy atom. The zero-order chi connectivity index (χ0) is 11.1. The molecule has 0 radical (unpaired) electrons. The monoisotopic (exact) mass is 218 g/mol. The predicted octanol–water partition coefficient (Wildman–Crippen LogP) is 1.63. The average Bonchev–Trinajstić information content (AvgIpc) is 3.06. The maximum Gasteiger partial charge on any atom is 0.339 e. The number of rotatable bonds is 2. The highest BCUT2D eigenvalue weighted by molar-refractivity contribution is 5.93. The number of hydrogen-bond acceptors (Lipinski definition) is 3. The van der Waals surface area contributed by atoms with Crippen molar-refractivity contribution >= 4 is 11.8 Å². The predicted molar refractivity (Wildman–Crippen MR) is 59.6 cm³/mol. The maximum absolute atomic E-state index is 11.1. The van der Waals surface area contributed by atoms with Crippen LogP contribution >= 0.6 is 0 Å². The van der Waals surface area contributed by atoms with E-state index in [2.05, 4.69) is 9.88 Å². The lowest BCUT2D eigenvalue weighted by molar-refractivity contribution is 0.0697. The van der Waals surface area contributed by atoms with Crippen molar-refractivity contribution in [2.24, 2.45) is 11.8 Å². The van der Waals surface area contributed by atoms with Crippen LogP contribution in [-0.4, -0.2) is 29.1 Å². The van der Waals surface area contributed by atoms with E-state index in [1.165, 1.54) is 12.8 Å². The largest absolute Gasteiger partial charge is 0.478 e. The van der Waals surface area contributed by atoms with Crippen molar-refractivity contribution in [2.75, 3.05) is 18.0 Å². The fraction of sp³-hybridized carbons (Fsp3) is 0.500. The van der Waals surface area contributed by atoms with E-state index in [1.807, 2.05) is 0 Å². The second-order valence-electron chi connectivity index (χ2n) is 4.67. The summed E-state index contributed by atoms with van der Waals surface area (Å²) in [5.41, 5.74) is 0.321. The molecule has 2 unspecified atom stereocenters. The highest BCUT2D eigenvalue weighted by Gasteiger charge is 2.42. The number of hydrogen-bond donors (Lipinski definition) is 1. The van der Waals surface area contributed by atoms with Gasteiger partial charge in [-0.25, -0.2) is 9.78 Å². The highest BCUT2D eigenvalue weighted by atomic mass is 16.4. The lowest BCUT2D eigenvalue weighted by Crippen LogP contribution is -2.33. The molecule has 1 aliphatic heterocycles. The van der Waals surface area contributed by atoms with Gasteiger partial charge in [0.05, 0.1) is 0 Å². The van der Waals surface area contributed by atoms with Crippen LogP contribution in [0.15, 0.2) is 18.3 Å². The SMILES string of the molecule is O=C(O)c1cccnc1N1CCC2CC2C1. The van der Waals surface area contributed by atoms with E-state index in [0.29, 0.717) is 11.4 Å². The first kappa shape index (κ1) is 9.63. The van der Waals surface area contributed by atoms with Crippen LogP contribution in [0, 0.1) is 11.8 Å². The second kappa shape index (κ2) is 3.47. The van der Waals surface area contributed by atoms with E-state index < -0.39 is 5.97 Å². The molecule has 1 saturated carbocycles. The number of piperidine rings is 1. The minimum Gasteiger partial charge on any atom is -0.478 e. The molecule has 16 heavy (non-hydrogen) atoms. The number of aromatic carboxylic acids is 1. The number of fused-ring (bicyclic) bond motifs is 1. The Kier molecular flexibility index (Phi) is 2.09. The molecule has 84 valence electrons. The first-order chi connectivity index (χ1) is 7.75. The Balaban J connectivity index is 1.89. The molecular formula is C12H14N2O2. The molecule has 1 N–H and O–H groups in total. The van der Waals surface area contributed by atoms with Crippen LogP contribution in [-0.2, 0) is 0 Å². The van der Waals surface area contributed by atoms with Gasteiger partial charge in [0.1, 0.15) is 11.4 Å². The summed E-state index contributed by atoms with van der Waals surface area (Å²) >= 11 is 0. The van der Waals surface area contributed by atoms with E-state index >= 15 is 0 Å². The number of carbonyl (C=O) groups is 1. The van der Waals surface area contributed by atoms with Crippen LogP contribution in [0.4, 0.5) is 5.82 Å². The molecule has 0 spiro atoms. The molecule has 2 heterocycles. The van der Waals surface area contributed by atoms with Gasteiger partial charge in [0.25, 0.3) is 0 Å². The fourth-order valence-corrected chi connectivity index (χ4v) is 2.59. The first-order valence-electron chi connectivity index (χ1n) is 5.69. The van der Waals surface area contributed by atoms with Crippen LogP contribution < -0.4 is 4.90 Å². The molecule has 0 bridgehead atoms. The van der Waals surface area contributed by atoms with Crippen LogP contribution in [0.3, 0.4) is 0 Å². The van der Waals surface area contributed by atoms with E-state index in [1.54, 1.807) is 18.3 Å². The lowest BCUT2D eigenvalue weighted by atomic mass is 10.1. The van der Waals surface area contributed by atoms with Crippen LogP contribution in [0.25, 0.3) is 0 Å². The summed E-state index contributed by atoms with van der Waals surface area (Å²) in [5, 5.41) is 9.11. The standard InChI is InChI=1S/C12H14N2O2/c15-12(16)10-2-1-4-13-11(10)14-5-3-8-6-9(8)7-14/h1-2,4,8-9H,3,5-7H2,(H,15,16). The molecule has 1 aliphatic carbocycles. The van der Waals surface area contributed by atoms with Gasteiger partial charge in [-0.2, -0.15) is 0 Å². The minimum atomic E-state index is -0.888. The zero-order valence-corrected chi connectivity index (χ0v) is 8.97. The van der Waals surface area contributed by atoms with E-state index in [0.717, 1.165) is 24.9 Å². The van der Waals surface area contributed by atoms with Crippen LogP contribution in [0.1, 0.15) is 23.2 Å². The summed E-state index contributed by atoms with van der Waals surface area (Å²) in [6, 6.07) is 3.31. The number of aromatic nitrogens is 1. The Hall–Kier alpha value is -1.58. The summed E-state index contributed by atoms with van der Waals surface area (Å²) in [5.74, 6) is 1.42. The normalized spacial score (nSPS) is 27.4. The van der Waals surface area contributed by atoms with Crippen molar-refractivity contribution in [3.05, 3.63) is 23.9 Å². The van der Waals surface area contributed by atoms with E-state index in [4.69, 9.17) is 5.11 Å². The van der Waals surface area contributed by atoms with Gasteiger partial charge in [-0.3, -0.25) is 0 Å². The van der Waals surface area contributed by atoms with Crippen molar-refractivity contribution in [1.29, 1.82) is 0 Å². The second-order valence-corrected chi connectivity index (χ2v) is 4.67. The number of carboxylic acid groups (broad SMARTS) is 1. The van der Waals surface area contributed by atoms with Gasteiger partial charge in [-0.1, -0.05) is 0 Å². The topological polar surface area (TPSA) is 53.4 Å². The first-order valence-corrected chi connectivity index (χ1v) is 5.69. The Labute approximate surface area is 93.9 Å². The third-order valence-electron chi connectivity index (χ3n) is 3.61. The van der Waals surface area contributed by atoms with Crippen molar-refractivity contribution < 1.29 is 9.90 Å². The van der Waals surface area contributed by atoms with Crippen molar-refractivity contribution in [1.82, 2.24) is 4.98 Å². The fourth-order valence-electron chi connectivity index (χ4n) is 2.59. The Bertz CT molecular complexity index is 433. The molecule has 1 saturated heterocycles. The van der Waals surface area contributed by atoms with Crippen molar-refractivity contribution in [3.8, 4) is 0 Å². The molecule has 1 aromatic heterocycles. The average molecular weight is 218 g/mol. The Morgan fingerprint density at radius 3 is 3.12 bits per heavy atom. The molecule has 0 amide bonds. The van der Waals surface area contributed by atoms with Crippen molar-refractivity contribution in [2.45, 2.75) is 12.8 Å². The molecule has 4 nitrogen and oxygen atoms in total.